The second-order valence-corrected chi connectivity index (χ2v) is 11.4. The molecule has 0 radical (unpaired) electrons. The zero-order chi connectivity index (χ0) is 24.7. The number of carboxylic acid groups (broad SMARTS) is 1. The van der Waals surface area contributed by atoms with E-state index in [1.165, 1.54) is 23.1 Å². The summed E-state index contributed by atoms with van der Waals surface area (Å²) in [5.74, 6) is -2.34. The molecule has 2 aromatic carbocycles. The number of nitrogens with one attached hydrogen (secondary N) is 2. The molecule has 0 unspecified atom stereocenters. The molecular weight excluding hydrogens is 482 g/mol. The minimum atomic E-state index is -0.914. The zero-order valence-electron chi connectivity index (χ0n) is 19.3. The van der Waals surface area contributed by atoms with Crippen molar-refractivity contribution in [3.05, 3.63) is 59.7 Å². The van der Waals surface area contributed by atoms with E-state index in [2.05, 4.69) is 15.6 Å². The molecule has 5 rings (SSSR count). The molecular formula is C26H25N3O4S2. The van der Waals surface area contributed by atoms with Crippen LogP contribution in [0, 0.1) is 37.5 Å². The van der Waals surface area contributed by atoms with Crippen LogP contribution >= 0.6 is 23.1 Å². The van der Waals surface area contributed by atoms with Gasteiger partial charge in [0.25, 0.3) is 0 Å². The lowest BCUT2D eigenvalue weighted by Crippen LogP contribution is -2.36. The van der Waals surface area contributed by atoms with Crippen LogP contribution in [0.2, 0.25) is 0 Å². The van der Waals surface area contributed by atoms with Gasteiger partial charge in [-0.2, -0.15) is 0 Å². The second-order valence-electron chi connectivity index (χ2n) is 9.14. The fourth-order valence-corrected chi connectivity index (χ4v) is 6.96. The van der Waals surface area contributed by atoms with Crippen LogP contribution in [0.1, 0.15) is 17.5 Å². The van der Waals surface area contributed by atoms with Crippen molar-refractivity contribution in [3.8, 4) is 0 Å². The number of carbonyl (C=O) groups excluding carboxylic acids is 2. The Kier molecular flexibility index (Phi) is 6.37. The summed E-state index contributed by atoms with van der Waals surface area (Å²) in [7, 11) is 0. The smallest absolute Gasteiger partial charge is 0.307 e. The Balaban J connectivity index is 1.22. The summed E-state index contributed by atoms with van der Waals surface area (Å²) in [6.07, 6.45) is 4.62. The highest BCUT2D eigenvalue weighted by Crippen LogP contribution is 2.48. The van der Waals surface area contributed by atoms with Crippen LogP contribution in [0.4, 0.5) is 11.4 Å². The average Bonchev–Trinajstić information content (AvgIpc) is 3.53. The molecule has 180 valence electrons. The van der Waals surface area contributed by atoms with Crippen molar-refractivity contribution >= 4 is 62.5 Å². The predicted octanol–water partition coefficient (Wildman–Crippen LogP) is 5.11. The number of amides is 2. The fourth-order valence-electron chi connectivity index (χ4n) is 5.05. The Labute approximate surface area is 211 Å². The van der Waals surface area contributed by atoms with E-state index in [-0.39, 0.29) is 29.4 Å². The van der Waals surface area contributed by atoms with Crippen molar-refractivity contribution in [1.82, 2.24) is 4.98 Å². The number of anilines is 2. The number of nitrogens with zero attached hydrogens (tertiary/aromatic N) is 1. The Morgan fingerprint density at radius 2 is 1.83 bits per heavy atom. The quantitative estimate of drug-likeness (QED) is 0.303. The van der Waals surface area contributed by atoms with Gasteiger partial charge in [0.1, 0.15) is 0 Å². The van der Waals surface area contributed by atoms with Gasteiger partial charge < -0.3 is 15.7 Å². The molecule has 4 atom stereocenters. The van der Waals surface area contributed by atoms with Crippen LogP contribution in [0.5, 0.6) is 0 Å². The number of thioether (sulfide) groups is 1. The zero-order valence-corrected chi connectivity index (χ0v) is 20.9. The van der Waals surface area contributed by atoms with Gasteiger partial charge in [-0.25, -0.2) is 4.98 Å². The molecule has 35 heavy (non-hydrogen) atoms. The van der Waals surface area contributed by atoms with E-state index in [9.17, 15) is 19.5 Å². The fraction of sp³-hybridized carbons (Fsp3) is 0.308. The summed E-state index contributed by atoms with van der Waals surface area (Å²) in [5.41, 5.74) is 4.38. The summed E-state index contributed by atoms with van der Waals surface area (Å²) >= 11 is 2.83. The number of benzene rings is 2. The molecule has 2 amide bonds. The van der Waals surface area contributed by atoms with E-state index < -0.39 is 17.8 Å². The van der Waals surface area contributed by atoms with E-state index >= 15 is 0 Å². The van der Waals surface area contributed by atoms with Gasteiger partial charge in [-0.15, -0.1) is 11.3 Å². The normalized spacial score (nSPS) is 22.5. The minimum Gasteiger partial charge on any atom is -0.481 e. The first-order valence-corrected chi connectivity index (χ1v) is 13.2. The van der Waals surface area contributed by atoms with Gasteiger partial charge in [0.05, 0.1) is 27.8 Å². The molecule has 7 nitrogen and oxygen atoms in total. The van der Waals surface area contributed by atoms with E-state index in [1.54, 1.807) is 6.07 Å². The Hall–Kier alpha value is -3.17. The second kappa shape index (κ2) is 9.47. The maximum Gasteiger partial charge on any atom is 0.307 e. The lowest BCUT2D eigenvalue weighted by Gasteiger charge is -2.23. The van der Waals surface area contributed by atoms with Crippen LogP contribution in [-0.2, 0) is 14.4 Å². The average molecular weight is 508 g/mol. The van der Waals surface area contributed by atoms with Gasteiger partial charge in [-0.05, 0) is 61.9 Å². The molecule has 0 saturated heterocycles. The van der Waals surface area contributed by atoms with Crippen molar-refractivity contribution in [1.29, 1.82) is 0 Å². The van der Waals surface area contributed by atoms with Crippen LogP contribution in [-0.4, -0.2) is 33.6 Å². The van der Waals surface area contributed by atoms with Crippen LogP contribution in [0.3, 0.4) is 0 Å². The summed E-state index contributed by atoms with van der Waals surface area (Å²) in [5, 5.41) is 15.5. The number of aliphatic carboxylic acids is 1. The van der Waals surface area contributed by atoms with E-state index in [1.807, 2.05) is 56.3 Å². The lowest BCUT2D eigenvalue weighted by molar-refractivity contribution is -0.146. The van der Waals surface area contributed by atoms with E-state index in [4.69, 9.17) is 0 Å². The number of rotatable bonds is 7. The van der Waals surface area contributed by atoms with Crippen LogP contribution < -0.4 is 10.6 Å². The maximum absolute atomic E-state index is 13.0. The number of hydrogen-bond acceptors (Lipinski definition) is 6. The molecule has 3 aromatic rings. The molecule has 2 aliphatic rings. The number of hydrogen-bond donors (Lipinski definition) is 3. The molecule has 1 heterocycles. The SMILES string of the molecule is Cc1ccc(NC(=O)CSc2nc3ccc(NC(=O)[C@H]4[C@@H](C(=O)O)[C@H]5C=C[C@H]4C5)cc3s2)c(C)c1. The molecule has 0 spiro atoms. The third-order valence-corrected chi connectivity index (χ3v) is 8.83. The summed E-state index contributed by atoms with van der Waals surface area (Å²) < 4.78 is 1.66. The highest BCUT2D eigenvalue weighted by atomic mass is 32.2. The van der Waals surface area contributed by atoms with Crippen LogP contribution in [0.15, 0.2) is 52.9 Å². The Morgan fingerprint density at radius 1 is 1.06 bits per heavy atom. The number of allylic oxidation sites excluding steroid dienone is 2. The molecule has 2 bridgehead atoms. The van der Waals surface area contributed by atoms with Crippen molar-refractivity contribution in [2.24, 2.45) is 23.7 Å². The maximum atomic E-state index is 13.0. The number of fused-ring (bicyclic) bond motifs is 3. The van der Waals surface area contributed by atoms with Crippen LogP contribution in [0.25, 0.3) is 10.2 Å². The molecule has 2 aliphatic carbocycles. The minimum absolute atomic E-state index is 0.0221. The van der Waals surface area contributed by atoms with Gasteiger partial charge in [-0.3, -0.25) is 14.4 Å². The standard InChI is InChI=1S/C26H25N3O4S2/c1-13-3-7-18(14(2)9-13)28-21(30)12-34-26-29-19-8-6-17(11-20(19)35-26)27-24(31)22-15-4-5-16(10-15)23(22)25(32)33/h3-9,11,15-16,22-23H,10,12H2,1-2H3,(H,27,31)(H,28,30)(H,32,33)/t15-,16-,22+,23-/m0/s1. The first-order valence-electron chi connectivity index (χ1n) is 11.4. The molecule has 3 N–H and O–H groups in total. The summed E-state index contributed by atoms with van der Waals surface area (Å²) in [4.78, 5) is 41.7. The van der Waals surface area contributed by atoms with Gasteiger partial charge in [-0.1, -0.05) is 41.6 Å². The highest BCUT2D eigenvalue weighted by molar-refractivity contribution is 8.01. The molecule has 9 heteroatoms. The van der Waals surface area contributed by atoms with Crippen molar-refractivity contribution in [2.45, 2.75) is 24.6 Å². The predicted molar refractivity (Wildman–Crippen MR) is 139 cm³/mol. The Morgan fingerprint density at radius 3 is 2.57 bits per heavy atom. The molecule has 1 aromatic heterocycles. The first-order chi connectivity index (χ1) is 16.8. The van der Waals surface area contributed by atoms with Crippen molar-refractivity contribution in [2.75, 3.05) is 16.4 Å². The van der Waals surface area contributed by atoms with Gasteiger partial charge >= 0.3 is 5.97 Å². The monoisotopic (exact) mass is 507 g/mol. The largest absolute Gasteiger partial charge is 0.481 e. The third-order valence-electron chi connectivity index (χ3n) is 6.67. The number of carboxylic acids is 1. The van der Waals surface area contributed by atoms with Gasteiger partial charge in [0.2, 0.25) is 11.8 Å². The highest BCUT2D eigenvalue weighted by Gasteiger charge is 2.51. The van der Waals surface area contributed by atoms with Gasteiger partial charge in [0, 0.05) is 11.4 Å². The lowest BCUT2D eigenvalue weighted by atomic mass is 9.82. The molecule has 0 aliphatic heterocycles. The molecule has 1 fully saturated rings. The summed E-state index contributed by atoms with van der Waals surface area (Å²) in [6.45, 7) is 3.98. The van der Waals surface area contributed by atoms with Gasteiger partial charge in [0.15, 0.2) is 4.34 Å². The number of aryl methyl sites for hydroxylation is 2. The Bertz CT molecular complexity index is 1370. The topological polar surface area (TPSA) is 108 Å². The number of thiazole rings is 1. The summed E-state index contributed by atoms with van der Waals surface area (Å²) in [6, 6.07) is 11.4. The number of carbonyl (C=O) groups is 3. The first kappa shape index (κ1) is 23.6. The third kappa shape index (κ3) is 4.83. The molecule has 1 saturated carbocycles. The van der Waals surface area contributed by atoms with Crippen molar-refractivity contribution < 1.29 is 19.5 Å². The van der Waals surface area contributed by atoms with Crippen molar-refractivity contribution in [3.63, 3.8) is 0 Å². The van der Waals surface area contributed by atoms with E-state index in [0.29, 0.717) is 5.69 Å². The number of aromatic nitrogens is 1. The van der Waals surface area contributed by atoms with E-state index in [0.717, 1.165) is 37.8 Å².